The number of sulfonamides is 1. The minimum absolute atomic E-state index is 0.120. The van der Waals surface area contributed by atoms with E-state index in [1.165, 1.54) is 9.21 Å². The summed E-state index contributed by atoms with van der Waals surface area (Å²) in [7, 11) is -3.17. The van der Waals surface area contributed by atoms with Gasteiger partial charge in [0.2, 0.25) is 15.9 Å². The average Bonchev–Trinajstić information content (AvgIpc) is 2.91. The zero-order valence-corrected chi connectivity index (χ0v) is 12.4. The van der Waals surface area contributed by atoms with Gasteiger partial charge >= 0.3 is 5.97 Å². The first-order valence-corrected chi connectivity index (χ1v) is 8.34. The van der Waals surface area contributed by atoms with E-state index >= 15 is 0 Å². The van der Waals surface area contributed by atoms with E-state index in [4.69, 9.17) is 5.11 Å². The Balaban J connectivity index is 1.86. The van der Waals surface area contributed by atoms with E-state index in [0.717, 1.165) is 0 Å². The Morgan fingerprint density at radius 3 is 2.50 bits per heavy atom. The number of amides is 1. The van der Waals surface area contributed by atoms with E-state index in [1.807, 2.05) is 0 Å². The zero-order valence-electron chi connectivity index (χ0n) is 11.5. The van der Waals surface area contributed by atoms with Gasteiger partial charge in [0.1, 0.15) is 0 Å². The van der Waals surface area contributed by atoms with Crippen LogP contribution in [0.3, 0.4) is 0 Å². The molecule has 1 N–H and O–H groups in total. The molecule has 114 valence electrons. The maximum absolute atomic E-state index is 12.0. The highest BCUT2D eigenvalue weighted by atomic mass is 32.2. The molecule has 2 rings (SSSR count). The second-order valence-electron chi connectivity index (χ2n) is 5.75. The lowest BCUT2D eigenvalue weighted by Gasteiger charge is -2.21. The third-order valence-corrected chi connectivity index (χ3v) is 6.08. The van der Waals surface area contributed by atoms with Gasteiger partial charge in [0.15, 0.2) is 0 Å². The molecule has 0 aromatic heterocycles. The van der Waals surface area contributed by atoms with Crippen molar-refractivity contribution >= 4 is 21.9 Å². The third-order valence-electron chi connectivity index (χ3n) is 4.12. The van der Waals surface area contributed by atoms with Gasteiger partial charge in [-0.15, -0.1) is 0 Å². The smallest absolute Gasteiger partial charge is 0.311 e. The number of nitrogens with zero attached hydrogens (tertiary/aromatic N) is 2. The molecule has 0 aromatic carbocycles. The molecule has 0 aromatic rings. The summed E-state index contributed by atoms with van der Waals surface area (Å²) in [5.74, 6) is -0.908. The largest absolute Gasteiger partial charge is 0.481 e. The molecule has 7 nitrogen and oxygen atoms in total. The fourth-order valence-corrected chi connectivity index (χ4v) is 4.20. The quantitative estimate of drug-likeness (QED) is 0.772. The second-order valence-corrected chi connectivity index (χ2v) is 7.84. The fraction of sp³-hybridized carbons (Fsp3) is 0.833. The Morgan fingerprint density at radius 1 is 1.30 bits per heavy atom. The summed E-state index contributed by atoms with van der Waals surface area (Å²) in [6, 6.07) is 0. The summed E-state index contributed by atoms with van der Waals surface area (Å²) in [5.41, 5.74) is -0.880. The van der Waals surface area contributed by atoms with E-state index in [1.54, 1.807) is 6.92 Å². The van der Waals surface area contributed by atoms with E-state index in [2.05, 4.69) is 0 Å². The van der Waals surface area contributed by atoms with Gasteiger partial charge in [-0.3, -0.25) is 9.59 Å². The van der Waals surface area contributed by atoms with Gasteiger partial charge in [0, 0.05) is 32.6 Å². The van der Waals surface area contributed by atoms with Crippen LogP contribution in [0.2, 0.25) is 0 Å². The highest BCUT2D eigenvalue weighted by Crippen LogP contribution is 2.30. The van der Waals surface area contributed by atoms with Crippen molar-refractivity contribution in [2.75, 3.05) is 31.9 Å². The molecule has 0 aliphatic carbocycles. The van der Waals surface area contributed by atoms with Gasteiger partial charge in [-0.2, -0.15) is 0 Å². The van der Waals surface area contributed by atoms with E-state index in [9.17, 15) is 18.0 Å². The first-order chi connectivity index (χ1) is 9.24. The molecule has 2 saturated heterocycles. The third kappa shape index (κ3) is 2.95. The number of carbonyl (C=O) groups excluding carboxylic acids is 1. The Kier molecular flexibility index (Phi) is 4.06. The number of likely N-dealkylation sites (tertiary alicyclic amines) is 1. The minimum Gasteiger partial charge on any atom is -0.481 e. The maximum Gasteiger partial charge on any atom is 0.311 e. The topological polar surface area (TPSA) is 95.0 Å². The summed E-state index contributed by atoms with van der Waals surface area (Å²) >= 11 is 0. The SMILES string of the molecule is CC1(C(=O)O)CCN(C(=O)CCN2CCCS2(=O)=O)C1. The van der Waals surface area contributed by atoms with Crippen LogP contribution in [0.5, 0.6) is 0 Å². The second kappa shape index (κ2) is 5.33. The molecule has 1 atom stereocenters. The molecule has 0 radical (unpaired) electrons. The molecule has 0 bridgehead atoms. The van der Waals surface area contributed by atoms with Crippen LogP contribution in [0.1, 0.15) is 26.2 Å². The fourth-order valence-electron chi connectivity index (χ4n) is 2.67. The molecule has 20 heavy (non-hydrogen) atoms. The van der Waals surface area contributed by atoms with Gasteiger partial charge < -0.3 is 10.0 Å². The van der Waals surface area contributed by atoms with Crippen molar-refractivity contribution in [2.24, 2.45) is 5.41 Å². The van der Waals surface area contributed by atoms with Crippen LogP contribution in [0.25, 0.3) is 0 Å². The molecular weight excluding hydrogens is 284 g/mol. The zero-order chi connectivity index (χ0) is 15.0. The Labute approximate surface area is 118 Å². The maximum atomic E-state index is 12.0. The number of carboxylic acid groups (broad SMARTS) is 1. The molecule has 1 unspecified atom stereocenters. The van der Waals surface area contributed by atoms with E-state index < -0.39 is 21.4 Å². The van der Waals surface area contributed by atoms with Crippen LogP contribution >= 0.6 is 0 Å². The molecule has 8 heteroatoms. The monoisotopic (exact) mass is 304 g/mol. The Morgan fingerprint density at radius 2 is 2.00 bits per heavy atom. The highest BCUT2D eigenvalue weighted by molar-refractivity contribution is 7.89. The summed E-state index contributed by atoms with van der Waals surface area (Å²) in [5, 5.41) is 9.12. The van der Waals surface area contributed by atoms with Crippen LogP contribution in [0.15, 0.2) is 0 Å². The van der Waals surface area contributed by atoms with E-state index in [-0.39, 0.29) is 31.2 Å². The van der Waals surface area contributed by atoms with Gasteiger partial charge in [-0.05, 0) is 19.8 Å². The first kappa shape index (κ1) is 15.2. The van der Waals surface area contributed by atoms with Crippen molar-refractivity contribution in [1.29, 1.82) is 0 Å². The normalized spacial score (nSPS) is 29.8. The predicted octanol–water partition coefficient (Wildman–Crippen LogP) is -0.265. The van der Waals surface area contributed by atoms with Gasteiger partial charge in [-0.25, -0.2) is 12.7 Å². The van der Waals surface area contributed by atoms with Crippen LogP contribution in [0.4, 0.5) is 0 Å². The van der Waals surface area contributed by atoms with Gasteiger partial charge in [-0.1, -0.05) is 0 Å². The Hall–Kier alpha value is -1.15. The molecule has 0 spiro atoms. The minimum atomic E-state index is -3.17. The lowest BCUT2D eigenvalue weighted by molar-refractivity contribution is -0.147. The van der Waals surface area contributed by atoms with Crippen LogP contribution in [-0.2, 0) is 19.6 Å². The molecule has 2 aliphatic heterocycles. The summed E-state index contributed by atoms with van der Waals surface area (Å²) in [6.07, 6.45) is 1.17. The number of aliphatic carboxylic acids is 1. The van der Waals surface area contributed by atoms with Crippen molar-refractivity contribution in [1.82, 2.24) is 9.21 Å². The summed E-state index contributed by atoms with van der Waals surface area (Å²) < 4.78 is 24.6. The standard InChI is InChI=1S/C12H20N2O5S/c1-12(11(16)17)4-7-13(9-12)10(15)3-6-14-5-2-8-20(14,18)19/h2-9H2,1H3,(H,16,17). The van der Waals surface area contributed by atoms with Gasteiger partial charge in [0.05, 0.1) is 11.2 Å². The van der Waals surface area contributed by atoms with Crippen molar-refractivity contribution in [2.45, 2.75) is 26.2 Å². The molecular formula is C12H20N2O5S. The first-order valence-electron chi connectivity index (χ1n) is 6.74. The number of hydrogen-bond acceptors (Lipinski definition) is 4. The Bertz CT molecular complexity index is 518. The predicted molar refractivity (Wildman–Crippen MR) is 71.5 cm³/mol. The molecule has 0 saturated carbocycles. The van der Waals surface area contributed by atoms with Gasteiger partial charge in [0.25, 0.3) is 0 Å². The molecule has 2 heterocycles. The lowest BCUT2D eigenvalue weighted by Crippen LogP contribution is -2.37. The number of carbonyl (C=O) groups is 2. The van der Waals surface area contributed by atoms with Crippen molar-refractivity contribution in [3.63, 3.8) is 0 Å². The number of hydrogen-bond donors (Lipinski definition) is 1. The van der Waals surface area contributed by atoms with Crippen molar-refractivity contribution < 1.29 is 23.1 Å². The van der Waals surface area contributed by atoms with Crippen molar-refractivity contribution in [3.05, 3.63) is 0 Å². The van der Waals surface area contributed by atoms with E-state index in [0.29, 0.717) is 25.9 Å². The van der Waals surface area contributed by atoms with Crippen LogP contribution in [0, 0.1) is 5.41 Å². The molecule has 1 amide bonds. The summed E-state index contributed by atoms with van der Waals surface area (Å²) in [4.78, 5) is 24.7. The van der Waals surface area contributed by atoms with Crippen LogP contribution in [-0.4, -0.2) is 66.5 Å². The molecule has 2 aliphatic rings. The lowest BCUT2D eigenvalue weighted by atomic mass is 9.90. The highest BCUT2D eigenvalue weighted by Gasteiger charge is 2.42. The molecule has 2 fully saturated rings. The number of carboxylic acids is 1. The average molecular weight is 304 g/mol. The van der Waals surface area contributed by atoms with Crippen molar-refractivity contribution in [3.8, 4) is 0 Å². The van der Waals surface area contributed by atoms with Crippen LogP contribution < -0.4 is 0 Å². The number of rotatable bonds is 4. The summed E-state index contributed by atoms with van der Waals surface area (Å²) in [6.45, 7) is 2.93.